The van der Waals surface area contributed by atoms with Crippen molar-refractivity contribution in [3.05, 3.63) is 11.6 Å². The molecule has 0 atom stereocenters. The Balaban J connectivity index is 2.03. The maximum Gasteiger partial charge on any atom is 0.190 e. The highest BCUT2D eigenvalue weighted by molar-refractivity contribution is 5.79. The summed E-state index contributed by atoms with van der Waals surface area (Å²) in [5.41, 5.74) is 1.61. The van der Waals surface area contributed by atoms with Crippen molar-refractivity contribution in [2.24, 2.45) is 4.99 Å². The van der Waals surface area contributed by atoms with Gasteiger partial charge in [-0.2, -0.15) is 0 Å². The van der Waals surface area contributed by atoms with Gasteiger partial charge in [-0.15, -0.1) is 0 Å². The van der Waals surface area contributed by atoms with Crippen molar-refractivity contribution in [1.82, 2.24) is 10.6 Å². The Hall–Kier alpha value is -1.03. The zero-order valence-corrected chi connectivity index (χ0v) is 13.2. The minimum atomic E-state index is 0.812. The van der Waals surface area contributed by atoms with Crippen LogP contribution in [-0.2, 0) is 4.74 Å². The number of rotatable bonds is 9. The number of hydrogen-bond acceptors (Lipinski definition) is 2. The van der Waals surface area contributed by atoms with Gasteiger partial charge < -0.3 is 15.4 Å². The standard InChI is InChI=1S/C16H31N3O/c1-3-20-14-8-7-12-18-16(17-2)19-13-11-15-9-5-4-6-10-15/h9H,3-8,10-14H2,1-2H3,(H2,17,18,19). The van der Waals surface area contributed by atoms with Crippen molar-refractivity contribution in [2.75, 3.05) is 33.4 Å². The number of aliphatic imine (C=N–C) groups is 1. The first-order chi connectivity index (χ1) is 9.86. The van der Waals surface area contributed by atoms with Crippen LogP contribution in [0.1, 0.15) is 51.9 Å². The fourth-order valence-corrected chi connectivity index (χ4v) is 2.37. The molecule has 0 heterocycles. The molecule has 0 fully saturated rings. The van der Waals surface area contributed by atoms with Gasteiger partial charge in [-0.1, -0.05) is 11.6 Å². The minimum Gasteiger partial charge on any atom is -0.382 e. The number of guanidine groups is 1. The molecule has 0 spiro atoms. The SMILES string of the molecule is CCOCCCCNC(=NC)NCCC1=CCCCC1. The van der Waals surface area contributed by atoms with Crippen LogP contribution in [0.5, 0.6) is 0 Å². The van der Waals surface area contributed by atoms with E-state index < -0.39 is 0 Å². The number of allylic oxidation sites excluding steroid dienone is 1. The van der Waals surface area contributed by atoms with Crippen molar-refractivity contribution in [2.45, 2.75) is 51.9 Å². The first kappa shape index (κ1) is 17.0. The molecule has 0 aromatic carbocycles. The molecule has 1 aliphatic rings. The second kappa shape index (κ2) is 11.8. The summed E-state index contributed by atoms with van der Waals surface area (Å²) in [6.07, 6.45) is 11.0. The van der Waals surface area contributed by atoms with Gasteiger partial charge in [0.25, 0.3) is 0 Å². The fourth-order valence-electron chi connectivity index (χ4n) is 2.37. The van der Waals surface area contributed by atoms with Crippen molar-refractivity contribution >= 4 is 5.96 Å². The normalized spacial score (nSPS) is 15.9. The van der Waals surface area contributed by atoms with Gasteiger partial charge >= 0.3 is 0 Å². The molecule has 0 amide bonds. The maximum atomic E-state index is 5.32. The van der Waals surface area contributed by atoms with Crippen molar-refractivity contribution in [3.8, 4) is 0 Å². The average Bonchev–Trinajstić information content (AvgIpc) is 2.50. The van der Waals surface area contributed by atoms with Gasteiger partial charge in [-0.25, -0.2) is 0 Å². The van der Waals surface area contributed by atoms with Crippen LogP contribution in [-0.4, -0.2) is 39.3 Å². The van der Waals surface area contributed by atoms with E-state index in [0.29, 0.717) is 0 Å². The summed E-state index contributed by atoms with van der Waals surface area (Å²) >= 11 is 0. The average molecular weight is 281 g/mol. The van der Waals surface area contributed by atoms with Gasteiger partial charge in [0.15, 0.2) is 5.96 Å². The molecule has 0 saturated carbocycles. The molecule has 1 aliphatic carbocycles. The molecule has 0 radical (unpaired) electrons. The van der Waals surface area contributed by atoms with Gasteiger partial charge in [0.2, 0.25) is 0 Å². The van der Waals surface area contributed by atoms with E-state index in [1.807, 2.05) is 14.0 Å². The van der Waals surface area contributed by atoms with Crippen LogP contribution in [0.3, 0.4) is 0 Å². The number of nitrogens with zero attached hydrogens (tertiary/aromatic N) is 1. The summed E-state index contributed by atoms with van der Waals surface area (Å²) in [6.45, 7) is 5.64. The van der Waals surface area contributed by atoms with Crippen LogP contribution in [0.25, 0.3) is 0 Å². The Morgan fingerprint density at radius 3 is 2.80 bits per heavy atom. The highest BCUT2D eigenvalue weighted by Gasteiger charge is 2.03. The first-order valence-corrected chi connectivity index (χ1v) is 8.07. The molecule has 0 saturated heterocycles. The van der Waals surface area contributed by atoms with Gasteiger partial charge in [-0.3, -0.25) is 4.99 Å². The van der Waals surface area contributed by atoms with E-state index in [9.17, 15) is 0 Å². The quantitative estimate of drug-likeness (QED) is 0.296. The van der Waals surface area contributed by atoms with Gasteiger partial charge in [0.1, 0.15) is 0 Å². The lowest BCUT2D eigenvalue weighted by Gasteiger charge is -2.15. The maximum absolute atomic E-state index is 5.32. The van der Waals surface area contributed by atoms with E-state index in [-0.39, 0.29) is 0 Å². The highest BCUT2D eigenvalue weighted by atomic mass is 16.5. The molecular weight excluding hydrogens is 250 g/mol. The third-order valence-corrected chi connectivity index (χ3v) is 3.56. The second-order valence-electron chi connectivity index (χ2n) is 5.19. The lowest BCUT2D eigenvalue weighted by molar-refractivity contribution is 0.143. The smallest absolute Gasteiger partial charge is 0.190 e. The first-order valence-electron chi connectivity index (χ1n) is 8.07. The summed E-state index contributed by atoms with van der Waals surface area (Å²) in [5, 5.41) is 6.73. The monoisotopic (exact) mass is 281 g/mol. The van der Waals surface area contributed by atoms with Crippen molar-refractivity contribution < 1.29 is 4.74 Å². The van der Waals surface area contributed by atoms with Gasteiger partial charge in [-0.05, 0) is 51.9 Å². The molecule has 1 rings (SSSR count). The van der Waals surface area contributed by atoms with E-state index in [1.165, 1.54) is 25.7 Å². The molecule has 2 N–H and O–H groups in total. The zero-order valence-electron chi connectivity index (χ0n) is 13.2. The molecule has 20 heavy (non-hydrogen) atoms. The summed E-state index contributed by atoms with van der Waals surface area (Å²) < 4.78 is 5.32. The predicted molar refractivity (Wildman–Crippen MR) is 86.3 cm³/mol. The summed E-state index contributed by atoms with van der Waals surface area (Å²) in [7, 11) is 1.83. The largest absolute Gasteiger partial charge is 0.382 e. The van der Waals surface area contributed by atoms with E-state index in [2.05, 4.69) is 21.7 Å². The Bertz CT molecular complexity index is 300. The van der Waals surface area contributed by atoms with E-state index in [1.54, 1.807) is 5.57 Å². The van der Waals surface area contributed by atoms with Crippen molar-refractivity contribution in [3.63, 3.8) is 0 Å². The molecule has 0 aliphatic heterocycles. The Labute approximate surface area is 124 Å². The third-order valence-electron chi connectivity index (χ3n) is 3.56. The Morgan fingerprint density at radius 2 is 2.10 bits per heavy atom. The van der Waals surface area contributed by atoms with E-state index in [4.69, 9.17) is 4.74 Å². The molecule has 116 valence electrons. The second-order valence-corrected chi connectivity index (χ2v) is 5.19. The fraction of sp³-hybridized carbons (Fsp3) is 0.812. The van der Waals surface area contributed by atoms with Crippen LogP contribution >= 0.6 is 0 Å². The molecule has 0 bridgehead atoms. The topological polar surface area (TPSA) is 45.6 Å². The lowest BCUT2D eigenvalue weighted by atomic mass is 9.97. The van der Waals surface area contributed by atoms with Crippen LogP contribution in [0, 0.1) is 0 Å². The number of unbranched alkanes of at least 4 members (excludes halogenated alkanes) is 1. The molecule has 0 aromatic rings. The summed E-state index contributed by atoms with van der Waals surface area (Å²) in [5.74, 6) is 0.915. The van der Waals surface area contributed by atoms with Crippen LogP contribution in [0.15, 0.2) is 16.6 Å². The molecule has 0 unspecified atom stereocenters. The zero-order chi connectivity index (χ0) is 14.5. The van der Waals surface area contributed by atoms with Crippen LogP contribution in [0.2, 0.25) is 0 Å². The highest BCUT2D eigenvalue weighted by Crippen LogP contribution is 2.19. The summed E-state index contributed by atoms with van der Waals surface area (Å²) in [6, 6.07) is 0. The third kappa shape index (κ3) is 8.20. The van der Waals surface area contributed by atoms with E-state index in [0.717, 1.165) is 51.5 Å². The number of hydrogen-bond donors (Lipinski definition) is 2. The number of ether oxygens (including phenoxy) is 1. The minimum absolute atomic E-state index is 0.812. The van der Waals surface area contributed by atoms with Gasteiger partial charge in [0, 0.05) is 33.4 Å². The Kier molecular flexibility index (Phi) is 10.0. The Morgan fingerprint density at radius 1 is 1.25 bits per heavy atom. The molecule has 4 nitrogen and oxygen atoms in total. The van der Waals surface area contributed by atoms with E-state index >= 15 is 0 Å². The molecule has 4 heteroatoms. The van der Waals surface area contributed by atoms with Crippen LogP contribution < -0.4 is 10.6 Å². The molecular formula is C16H31N3O. The van der Waals surface area contributed by atoms with Crippen molar-refractivity contribution in [1.29, 1.82) is 0 Å². The predicted octanol–water partition coefficient (Wildman–Crippen LogP) is 2.86. The van der Waals surface area contributed by atoms with Crippen LogP contribution in [0.4, 0.5) is 0 Å². The lowest BCUT2D eigenvalue weighted by Crippen LogP contribution is -2.38. The molecule has 0 aromatic heterocycles. The summed E-state index contributed by atoms with van der Waals surface area (Å²) in [4.78, 5) is 4.25. The number of nitrogens with one attached hydrogen (secondary N) is 2. The van der Waals surface area contributed by atoms with Gasteiger partial charge in [0.05, 0.1) is 0 Å².